The van der Waals surface area contributed by atoms with Crippen LogP contribution in [0, 0.1) is 20.8 Å². The Labute approximate surface area is 106 Å². The number of hydrogen-bond acceptors (Lipinski definition) is 2. The van der Waals surface area contributed by atoms with E-state index in [-0.39, 0.29) is 4.83 Å². The molecule has 0 saturated heterocycles. The molecule has 0 aliphatic heterocycles. The molecule has 0 aliphatic rings. The Balaban J connectivity index is 3.42. The van der Waals surface area contributed by atoms with Crippen molar-refractivity contribution in [3.63, 3.8) is 0 Å². The minimum absolute atomic E-state index is 0.00204. The van der Waals surface area contributed by atoms with E-state index >= 15 is 0 Å². The molecule has 0 aromatic heterocycles. The molecule has 1 aromatic carbocycles. The van der Waals surface area contributed by atoms with Crippen molar-refractivity contribution in [2.45, 2.75) is 38.6 Å². The first-order valence-corrected chi connectivity index (χ1v) is 6.28. The number of alkyl halides is 1. The van der Waals surface area contributed by atoms with Crippen molar-refractivity contribution in [3.8, 4) is 5.75 Å². The van der Waals surface area contributed by atoms with E-state index in [4.69, 9.17) is 4.74 Å². The van der Waals surface area contributed by atoms with Crippen LogP contribution in [0.15, 0.2) is 6.07 Å². The third-order valence-electron chi connectivity index (χ3n) is 2.97. The van der Waals surface area contributed by atoms with Crippen LogP contribution in [0.2, 0.25) is 0 Å². The monoisotopic (exact) mass is 286 g/mol. The van der Waals surface area contributed by atoms with Crippen molar-refractivity contribution in [2.24, 2.45) is 0 Å². The normalized spacial score (nSPS) is 14.7. The molecule has 2 nitrogen and oxygen atoms in total. The second-order valence-corrected chi connectivity index (χ2v) is 5.65. The largest absolute Gasteiger partial charge is 0.496 e. The molecule has 1 aromatic rings. The Morgan fingerprint density at radius 3 is 2.25 bits per heavy atom. The van der Waals surface area contributed by atoms with E-state index in [1.807, 2.05) is 20.8 Å². The average molecular weight is 287 g/mol. The minimum atomic E-state index is -0.547. The molecule has 2 atom stereocenters. The van der Waals surface area contributed by atoms with Gasteiger partial charge in [-0.15, -0.1) is 0 Å². The average Bonchev–Trinajstić information content (AvgIpc) is 2.21. The van der Waals surface area contributed by atoms with E-state index in [0.717, 1.165) is 22.4 Å². The summed E-state index contributed by atoms with van der Waals surface area (Å²) in [4.78, 5) is 0.00204. The molecule has 90 valence electrons. The van der Waals surface area contributed by atoms with E-state index in [0.29, 0.717) is 0 Å². The molecule has 0 bridgehead atoms. The fraction of sp³-hybridized carbons (Fsp3) is 0.538. The number of methoxy groups -OCH3 is 1. The van der Waals surface area contributed by atoms with E-state index in [9.17, 15) is 5.11 Å². The molecule has 1 N–H and O–H groups in total. The summed E-state index contributed by atoms with van der Waals surface area (Å²) >= 11 is 3.41. The van der Waals surface area contributed by atoms with Crippen molar-refractivity contribution in [1.82, 2.24) is 0 Å². The standard InChI is InChI=1S/C13H19BrO2/c1-7-6-8(2)11(12(15)10(4)14)13(16-5)9(7)3/h6,10,12,15H,1-5H3. The minimum Gasteiger partial charge on any atom is -0.496 e. The third kappa shape index (κ3) is 2.41. The van der Waals surface area contributed by atoms with Gasteiger partial charge in [-0.05, 0) is 44.4 Å². The van der Waals surface area contributed by atoms with E-state index < -0.39 is 6.10 Å². The summed E-state index contributed by atoms with van der Waals surface area (Å²) in [5.74, 6) is 0.802. The molecule has 0 aliphatic carbocycles. The van der Waals surface area contributed by atoms with Gasteiger partial charge in [-0.2, -0.15) is 0 Å². The quantitative estimate of drug-likeness (QED) is 0.863. The molecule has 1 rings (SSSR count). The highest BCUT2D eigenvalue weighted by Gasteiger charge is 2.22. The van der Waals surface area contributed by atoms with Crippen molar-refractivity contribution in [1.29, 1.82) is 0 Å². The number of benzene rings is 1. The van der Waals surface area contributed by atoms with Gasteiger partial charge in [0, 0.05) is 10.4 Å². The smallest absolute Gasteiger partial charge is 0.128 e. The second kappa shape index (κ2) is 5.19. The van der Waals surface area contributed by atoms with Gasteiger partial charge in [-0.1, -0.05) is 22.0 Å². The Morgan fingerprint density at radius 1 is 1.25 bits per heavy atom. The van der Waals surface area contributed by atoms with Crippen molar-refractivity contribution < 1.29 is 9.84 Å². The molecule has 0 radical (unpaired) electrons. The predicted molar refractivity (Wildman–Crippen MR) is 70.6 cm³/mol. The third-order valence-corrected chi connectivity index (χ3v) is 3.47. The Morgan fingerprint density at radius 2 is 1.81 bits per heavy atom. The maximum absolute atomic E-state index is 10.2. The number of halogens is 1. The molecule has 0 spiro atoms. The van der Waals surface area contributed by atoms with Gasteiger partial charge in [0.05, 0.1) is 13.2 Å². The van der Waals surface area contributed by atoms with Crippen LogP contribution in [0.25, 0.3) is 0 Å². The number of aryl methyl sites for hydroxylation is 2. The summed E-state index contributed by atoms with van der Waals surface area (Å²) in [5, 5.41) is 10.2. The fourth-order valence-corrected chi connectivity index (χ4v) is 2.20. The van der Waals surface area contributed by atoms with Gasteiger partial charge in [0.15, 0.2) is 0 Å². The van der Waals surface area contributed by atoms with Crippen LogP contribution in [0.5, 0.6) is 5.75 Å². The van der Waals surface area contributed by atoms with Gasteiger partial charge in [0.1, 0.15) is 5.75 Å². The van der Waals surface area contributed by atoms with Crippen LogP contribution in [0.4, 0.5) is 0 Å². The van der Waals surface area contributed by atoms with Crippen molar-refractivity contribution in [3.05, 3.63) is 28.3 Å². The molecular formula is C13H19BrO2. The zero-order valence-electron chi connectivity index (χ0n) is 10.5. The van der Waals surface area contributed by atoms with E-state index in [1.54, 1.807) is 7.11 Å². The van der Waals surface area contributed by atoms with Crippen LogP contribution in [0.3, 0.4) is 0 Å². The summed E-state index contributed by atoms with van der Waals surface area (Å²) in [7, 11) is 1.65. The zero-order chi connectivity index (χ0) is 12.5. The Bertz CT molecular complexity index is 386. The highest BCUT2D eigenvalue weighted by atomic mass is 79.9. The number of ether oxygens (including phenoxy) is 1. The van der Waals surface area contributed by atoms with Crippen LogP contribution in [-0.2, 0) is 0 Å². The van der Waals surface area contributed by atoms with Gasteiger partial charge >= 0.3 is 0 Å². The van der Waals surface area contributed by atoms with Gasteiger partial charge in [-0.25, -0.2) is 0 Å². The van der Waals surface area contributed by atoms with Crippen molar-refractivity contribution in [2.75, 3.05) is 7.11 Å². The molecule has 0 heterocycles. The molecule has 3 heteroatoms. The van der Waals surface area contributed by atoms with Gasteiger partial charge in [0.2, 0.25) is 0 Å². The number of hydrogen-bond donors (Lipinski definition) is 1. The topological polar surface area (TPSA) is 29.5 Å². The van der Waals surface area contributed by atoms with Gasteiger partial charge in [0.25, 0.3) is 0 Å². The fourth-order valence-electron chi connectivity index (χ4n) is 1.93. The molecule has 0 saturated carbocycles. The first kappa shape index (κ1) is 13.5. The lowest BCUT2D eigenvalue weighted by atomic mass is 9.94. The molecule has 2 unspecified atom stereocenters. The summed E-state index contributed by atoms with van der Waals surface area (Å²) in [6, 6.07) is 2.09. The summed E-state index contributed by atoms with van der Waals surface area (Å²) in [6.45, 7) is 8.00. The van der Waals surface area contributed by atoms with Gasteiger partial charge < -0.3 is 9.84 Å². The summed E-state index contributed by atoms with van der Waals surface area (Å²) < 4.78 is 5.43. The predicted octanol–water partition coefficient (Wildman–Crippen LogP) is 3.44. The highest BCUT2D eigenvalue weighted by Crippen LogP contribution is 2.36. The highest BCUT2D eigenvalue weighted by molar-refractivity contribution is 9.09. The van der Waals surface area contributed by atoms with Gasteiger partial charge in [-0.3, -0.25) is 0 Å². The van der Waals surface area contributed by atoms with E-state index in [2.05, 4.69) is 28.9 Å². The van der Waals surface area contributed by atoms with Crippen LogP contribution >= 0.6 is 15.9 Å². The lowest BCUT2D eigenvalue weighted by molar-refractivity contribution is 0.176. The summed E-state index contributed by atoms with van der Waals surface area (Å²) in [5.41, 5.74) is 4.23. The van der Waals surface area contributed by atoms with Crippen LogP contribution < -0.4 is 4.74 Å². The maximum Gasteiger partial charge on any atom is 0.128 e. The Hall–Kier alpha value is -0.540. The number of aliphatic hydroxyl groups excluding tert-OH is 1. The zero-order valence-corrected chi connectivity index (χ0v) is 12.1. The first-order valence-electron chi connectivity index (χ1n) is 5.37. The molecule has 0 amide bonds. The Kier molecular flexibility index (Phi) is 4.39. The molecule has 0 fully saturated rings. The maximum atomic E-state index is 10.2. The van der Waals surface area contributed by atoms with E-state index in [1.165, 1.54) is 5.56 Å². The van der Waals surface area contributed by atoms with Crippen molar-refractivity contribution >= 4 is 15.9 Å². The number of rotatable bonds is 3. The summed E-state index contributed by atoms with van der Waals surface area (Å²) in [6.07, 6.45) is -0.547. The SMILES string of the molecule is COc1c(C)c(C)cc(C)c1C(O)C(C)Br. The lowest BCUT2D eigenvalue weighted by Crippen LogP contribution is -2.12. The molecular weight excluding hydrogens is 268 g/mol. The first-order chi connectivity index (χ1) is 7.40. The van der Waals surface area contributed by atoms with Crippen LogP contribution in [0.1, 0.15) is 35.3 Å². The second-order valence-electron chi connectivity index (χ2n) is 4.20. The lowest BCUT2D eigenvalue weighted by Gasteiger charge is -2.22. The van der Waals surface area contributed by atoms with Crippen LogP contribution in [-0.4, -0.2) is 17.0 Å². The number of aliphatic hydroxyl groups is 1. The molecule has 16 heavy (non-hydrogen) atoms.